The summed E-state index contributed by atoms with van der Waals surface area (Å²) in [6, 6.07) is 12.4. The summed E-state index contributed by atoms with van der Waals surface area (Å²) in [6.07, 6.45) is 0. The number of amides is 2. The van der Waals surface area contributed by atoms with Crippen LogP contribution in [0.2, 0.25) is 5.02 Å². The Balaban J connectivity index is 2.14. The summed E-state index contributed by atoms with van der Waals surface area (Å²) in [6.45, 7) is 10.5. The van der Waals surface area contributed by atoms with Crippen molar-refractivity contribution in [2.45, 2.75) is 47.2 Å². The van der Waals surface area contributed by atoms with Gasteiger partial charge in [0, 0.05) is 18.1 Å². The van der Waals surface area contributed by atoms with Crippen molar-refractivity contribution in [3.05, 3.63) is 64.2 Å². The second kappa shape index (κ2) is 11.0. The number of hydrogen-bond donors (Lipinski definition) is 1. The van der Waals surface area contributed by atoms with Crippen molar-refractivity contribution in [3.63, 3.8) is 0 Å². The first-order chi connectivity index (χ1) is 14.2. The third kappa shape index (κ3) is 7.38. The lowest BCUT2D eigenvalue weighted by molar-refractivity contribution is -0.142. The average molecular weight is 431 g/mol. The molecule has 30 heavy (non-hydrogen) atoms. The summed E-state index contributed by atoms with van der Waals surface area (Å²) in [5, 5.41) is 3.53. The Morgan fingerprint density at radius 2 is 1.63 bits per heavy atom. The largest absolute Gasteiger partial charge is 0.484 e. The number of nitrogens with one attached hydrogen (secondary N) is 1. The van der Waals surface area contributed by atoms with Gasteiger partial charge in [-0.15, -0.1) is 0 Å². The van der Waals surface area contributed by atoms with Crippen LogP contribution in [0.3, 0.4) is 0 Å². The number of ether oxygens (including phenoxy) is 1. The van der Waals surface area contributed by atoms with Gasteiger partial charge in [-0.1, -0.05) is 43.6 Å². The minimum absolute atomic E-state index is 0.141. The van der Waals surface area contributed by atoms with Crippen LogP contribution in [0.4, 0.5) is 0 Å². The van der Waals surface area contributed by atoms with E-state index < -0.39 is 6.04 Å². The molecule has 0 spiro atoms. The van der Waals surface area contributed by atoms with Crippen molar-refractivity contribution in [1.29, 1.82) is 0 Å². The van der Waals surface area contributed by atoms with Crippen LogP contribution in [0.5, 0.6) is 5.75 Å². The Labute approximate surface area is 184 Å². The fraction of sp³-hybridized carbons (Fsp3) is 0.417. The third-order valence-corrected chi connectivity index (χ3v) is 4.93. The zero-order valence-corrected chi connectivity index (χ0v) is 19.1. The molecular formula is C24H31ClN2O3. The van der Waals surface area contributed by atoms with Gasteiger partial charge in [0.1, 0.15) is 11.8 Å². The Morgan fingerprint density at radius 1 is 1.03 bits per heavy atom. The van der Waals surface area contributed by atoms with E-state index in [1.807, 2.05) is 58.0 Å². The lowest BCUT2D eigenvalue weighted by Crippen LogP contribution is -2.49. The first-order valence-corrected chi connectivity index (χ1v) is 10.6. The molecular weight excluding hydrogens is 400 g/mol. The number of nitrogens with zero attached hydrogens (tertiary/aromatic N) is 1. The van der Waals surface area contributed by atoms with Gasteiger partial charge in [-0.05, 0) is 67.6 Å². The van der Waals surface area contributed by atoms with E-state index in [-0.39, 0.29) is 18.4 Å². The molecule has 0 bridgehead atoms. The van der Waals surface area contributed by atoms with Crippen molar-refractivity contribution in [2.75, 3.05) is 13.2 Å². The maximum absolute atomic E-state index is 13.0. The highest BCUT2D eigenvalue weighted by atomic mass is 35.5. The van der Waals surface area contributed by atoms with Crippen molar-refractivity contribution in [3.8, 4) is 5.75 Å². The molecule has 0 aliphatic rings. The summed E-state index contributed by atoms with van der Waals surface area (Å²) in [4.78, 5) is 27.2. The molecule has 0 aromatic heterocycles. The molecule has 0 aliphatic carbocycles. The van der Waals surface area contributed by atoms with Gasteiger partial charge in [-0.3, -0.25) is 9.59 Å². The van der Waals surface area contributed by atoms with E-state index in [2.05, 4.69) is 5.32 Å². The molecule has 0 saturated heterocycles. The first-order valence-electron chi connectivity index (χ1n) is 10.2. The van der Waals surface area contributed by atoms with E-state index >= 15 is 0 Å². The third-order valence-electron chi connectivity index (χ3n) is 4.68. The Bertz CT molecular complexity index is 845. The zero-order valence-electron chi connectivity index (χ0n) is 18.4. The summed E-state index contributed by atoms with van der Waals surface area (Å²) in [5.41, 5.74) is 3.02. The van der Waals surface area contributed by atoms with E-state index in [1.54, 1.807) is 24.0 Å². The Kier molecular flexibility index (Phi) is 8.72. The van der Waals surface area contributed by atoms with Crippen LogP contribution in [0, 0.1) is 19.8 Å². The number of halogens is 1. The van der Waals surface area contributed by atoms with Crippen LogP contribution in [0.15, 0.2) is 42.5 Å². The lowest BCUT2D eigenvalue weighted by Gasteiger charge is -2.29. The molecule has 1 atom stereocenters. The van der Waals surface area contributed by atoms with E-state index in [9.17, 15) is 9.59 Å². The fourth-order valence-corrected chi connectivity index (χ4v) is 3.19. The van der Waals surface area contributed by atoms with Gasteiger partial charge in [0.2, 0.25) is 5.91 Å². The highest BCUT2D eigenvalue weighted by molar-refractivity contribution is 6.30. The van der Waals surface area contributed by atoms with Crippen molar-refractivity contribution < 1.29 is 14.3 Å². The Hall–Kier alpha value is -2.53. The monoisotopic (exact) mass is 430 g/mol. The second-order valence-electron chi connectivity index (χ2n) is 8.08. The van der Waals surface area contributed by atoms with Gasteiger partial charge in [-0.2, -0.15) is 0 Å². The standard InChI is InChI=1S/C24H31ClN2O3/c1-16(2)13-26-24(29)19(5)27(14-20-6-8-21(25)9-7-20)23(28)15-30-22-11-17(3)10-18(4)12-22/h6-12,16,19H,13-15H2,1-5H3,(H,26,29). The van der Waals surface area contributed by atoms with E-state index in [0.29, 0.717) is 29.8 Å². The molecule has 0 fully saturated rings. The maximum atomic E-state index is 13.0. The number of rotatable bonds is 9. The van der Waals surface area contributed by atoms with Crippen molar-refractivity contribution in [1.82, 2.24) is 10.2 Å². The number of benzene rings is 2. The van der Waals surface area contributed by atoms with Gasteiger partial charge >= 0.3 is 0 Å². The van der Waals surface area contributed by atoms with Crippen LogP contribution in [0.25, 0.3) is 0 Å². The number of aryl methyl sites for hydroxylation is 2. The normalized spacial score (nSPS) is 11.8. The molecule has 2 amide bonds. The van der Waals surface area contributed by atoms with Gasteiger partial charge in [-0.25, -0.2) is 0 Å². The van der Waals surface area contributed by atoms with Gasteiger partial charge in [0.15, 0.2) is 6.61 Å². The van der Waals surface area contributed by atoms with Crippen LogP contribution in [-0.2, 0) is 16.1 Å². The lowest BCUT2D eigenvalue weighted by atomic mass is 10.1. The van der Waals surface area contributed by atoms with Crippen molar-refractivity contribution in [2.24, 2.45) is 5.92 Å². The van der Waals surface area contributed by atoms with Gasteiger partial charge < -0.3 is 15.0 Å². The molecule has 0 heterocycles. The molecule has 1 unspecified atom stereocenters. The summed E-state index contributed by atoms with van der Waals surface area (Å²) >= 11 is 5.97. The van der Waals surface area contributed by atoms with Crippen LogP contribution in [0.1, 0.15) is 37.5 Å². The SMILES string of the molecule is Cc1cc(C)cc(OCC(=O)N(Cc2ccc(Cl)cc2)C(C)C(=O)NCC(C)C)c1. The number of carbonyl (C=O) groups is 2. The summed E-state index contributed by atoms with van der Waals surface area (Å²) in [7, 11) is 0. The van der Waals surface area contributed by atoms with Crippen LogP contribution in [-0.4, -0.2) is 35.9 Å². The minimum Gasteiger partial charge on any atom is -0.484 e. The molecule has 0 saturated carbocycles. The highest BCUT2D eigenvalue weighted by Crippen LogP contribution is 2.18. The van der Waals surface area contributed by atoms with E-state index in [0.717, 1.165) is 16.7 Å². The minimum atomic E-state index is -0.630. The fourth-order valence-electron chi connectivity index (χ4n) is 3.07. The zero-order chi connectivity index (χ0) is 22.3. The van der Waals surface area contributed by atoms with E-state index in [4.69, 9.17) is 16.3 Å². The molecule has 5 nitrogen and oxygen atoms in total. The molecule has 2 rings (SSSR count). The molecule has 162 valence electrons. The summed E-state index contributed by atoms with van der Waals surface area (Å²) < 4.78 is 5.75. The molecule has 2 aromatic rings. The van der Waals surface area contributed by atoms with Gasteiger partial charge in [0.25, 0.3) is 5.91 Å². The summed E-state index contributed by atoms with van der Waals surface area (Å²) in [5.74, 6) is 0.535. The molecule has 0 radical (unpaired) electrons. The van der Waals surface area contributed by atoms with Crippen LogP contribution < -0.4 is 10.1 Å². The predicted molar refractivity (Wildman–Crippen MR) is 121 cm³/mol. The topological polar surface area (TPSA) is 58.6 Å². The number of hydrogen-bond acceptors (Lipinski definition) is 3. The quantitative estimate of drug-likeness (QED) is 0.636. The van der Waals surface area contributed by atoms with Gasteiger partial charge in [0.05, 0.1) is 0 Å². The van der Waals surface area contributed by atoms with Crippen molar-refractivity contribution >= 4 is 23.4 Å². The van der Waals surface area contributed by atoms with E-state index in [1.165, 1.54) is 0 Å². The maximum Gasteiger partial charge on any atom is 0.261 e. The number of carbonyl (C=O) groups excluding carboxylic acids is 2. The highest BCUT2D eigenvalue weighted by Gasteiger charge is 2.26. The molecule has 6 heteroatoms. The Morgan fingerprint density at radius 3 is 2.20 bits per heavy atom. The smallest absolute Gasteiger partial charge is 0.261 e. The molecule has 0 aliphatic heterocycles. The first kappa shape index (κ1) is 23.7. The predicted octanol–water partition coefficient (Wildman–Crippen LogP) is 4.53. The van der Waals surface area contributed by atoms with Crippen LogP contribution >= 0.6 is 11.6 Å². The second-order valence-corrected chi connectivity index (χ2v) is 8.51. The average Bonchev–Trinajstić information content (AvgIpc) is 2.68. The molecule has 1 N–H and O–H groups in total. The molecule has 2 aromatic carbocycles.